The Morgan fingerprint density at radius 1 is 1.38 bits per heavy atom. The lowest BCUT2D eigenvalue weighted by Crippen LogP contribution is -2.56. The fourth-order valence-electron chi connectivity index (χ4n) is 1.80. The molecular weight excluding hydrogens is 230 g/mol. The van der Waals surface area contributed by atoms with E-state index in [9.17, 15) is 22.4 Å². The highest BCUT2D eigenvalue weighted by molar-refractivity contribution is 5.84. The molecule has 94 valence electrons. The van der Waals surface area contributed by atoms with Crippen LogP contribution in [0.5, 0.6) is 0 Å². The van der Waals surface area contributed by atoms with Gasteiger partial charge in [0.05, 0.1) is 12.1 Å². The minimum absolute atomic E-state index is 0.328. The first-order valence-electron chi connectivity index (χ1n) is 4.93. The second-order valence-electron chi connectivity index (χ2n) is 4.02. The van der Waals surface area contributed by atoms with E-state index in [0.29, 0.717) is 25.7 Å². The zero-order valence-corrected chi connectivity index (χ0v) is 8.48. The van der Waals surface area contributed by atoms with Crippen molar-refractivity contribution in [3.8, 4) is 0 Å². The van der Waals surface area contributed by atoms with E-state index in [4.69, 9.17) is 5.11 Å². The Kier molecular flexibility index (Phi) is 3.77. The summed E-state index contributed by atoms with van der Waals surface area (Å²) in [6.07, 6.45) is -2.05. The molecule has 1 aliphatic rings. The van der Waals surface area contributed by atoms with Crippen molar-refractivity contribution in [2.75, 3.05) is 6.61 Å². The Bertz CT molecular complexity index is 264. The normalized spacial score (nSPS) is 20.1. The summed E-state index contributed by atoms with van der Waals surface area (Å²) >= 11 is 0. The van der Waals surface area contributed by atoms with Gasteiger partial charge in [-0.1, -0.05) is 12.8 Å². The highest BCUT2D eigenvalue weighted by Crippen LogP contribution is 2.31. The molecule has 0 atom stereocenters. The van der Waals surface area contributed by atoms with Crippen molar-refractivity contribution in [2.45, 2.75) is 43.6 Å². The lowest BCUT2D eigenvalue weighted by Gasteiger charge is -2.29. The van der Waals surface area contributed by atoms with Crippen molar-refractivity contribution in [3.05, 3.63) is 0 Å². The lowest BCUT2D eigenvalue weighted by atomic mass is 9.98. The predicted octanol–water partition coefficient (Wildman–Crippen LogP) is 1.31. The van der Waals surface area contributed by atoms with Crippen LogP contribution in [0.25, 0.3) is 0 Å². The van der Waals surface area contributed by atoms with Gasteiger partial charge in [0, 0.05) is 0 Å². The first-order chi connectivity index (χ1) is 7.34. The second kappa shape index (κ2) is 4.57. The number of hydrogen-bond donors (Lipinski definition) is 2. The number of amides is 1. The Morgan fingerprint density at radius 2 is 1.88 bits per heavy atom. The van der Waals surface area contributed by atoms with Crippen LogP contribution in [0.4, 0.5) is 17.6 Å². The molecule has 1 aliphatic carbocycles. The molecule has 1 rings (SSSR count). The number of aliphatic hydroxyl groups excluding tert-OH is 1. The first-order valence-corrected chi connectivity index (χ1v) is 4.93. The minimum Gasteiger partial charge on any atom is -0.394 e. The Balaban J connectivity index is 2.69. The zero-order valence-electron chi connectivity index (χ0n) is 8.48. The zero-order chi connectivity index (χ0) is 12.4. The molecule has 2 N–H and O–H groups in total. The summed E-state index contributed by atoms with van der Waals surface area (Å²) in [7, 11) is 0. The van der Waals surface area contributed by atoms with Crippen LogP contribution in [-0.2, 0) is 4.79 Å². The van der Waals surface area contributed by atoms with Crippen molar-refractivity contribution in [1.29, 1.82) is 0 Å². The van der Waals surface area contributed by atoms with Crippen molar-refractivity contribution in [2.24, 2.45) is 0 Å². The van der Waals surface area contributed by atoms with E-state index in [1.807, 2.05) is 5.32 Å². The smallest absolute Gasteiger partial charge is 0.383 e. The average Bonchev–Trinajstić information content (AvgIpc) is 2.66. The Hall–Kier alpha value is -0.850. The van der Waals surface area contributed by atoms with E-state index >= 15 is 0 Å². The average molecular weight is 243 g/mol. The third-order valence-corrected chi connectivity index (χ3v) is 2.82. The number of rotatable bonds is 4. The van der Waals surface area contributed by atoms with E-state index in [2.05, 4.69) is 0 Å². The third-order valence-electron chi connectivity index (χ3n) is 2.82. The van der Waals surface area contributed by atoms with Gasteiger partial charge < -0.3 is 10.4 Å². The van der Waals surface area contributed by atoms with E-state index in [1.165, 1.54) is 0 Å². The largest absolute Gasteiger partial charge is 0.394 e. The van der Waals surface area contributed by atoms with E-state index in [0.717, 1.165) is 0 Å². The monoisotopic (exact) mass is 243 g/mol. The van der Waals surface area contributed by atoms with Crippen LogP contribution >= 0.6 is 0 Å². The van der Waals surface area contributed by atoms with Gasteiger partial charge >= 0.3 is 12.3 Å². The second-order valence-corrected chi connectivity index (χ2v) is 4.02. The number of hydrogen-bond acceptors (Lipinski definition) is 2. The lowest BCUT2D eigenvalue weighted by molar-refractivity contribution is -0.171. The van der Waals surface area contributed by atoms with Gasteiger partial charge in [0.15, 0.2) is 0 Å². The fourth-order valence-corrected chi connectivity index (χ4v) is 1.80. The molecule has 0 saturated heterocycles. The maximum absolute atomic E-state index is 12.7. The van der Waals surface area contributed by atoms with E-state index < -0.39 is 30.4 Å². The van der Waals surface area contributed by atoms with Crippen molar-refractivity contribution >= 4 is 5.91 Å². The highest BCUT2D eigenvalue weighted by Gasteiger charge is 2.51. The van der Waals surface area contributed by atoms with Crippen molar-refractivity contribution < 1.29 is 27.5 Å². The fraction of sp³-hybridized carbons (Fsp3) is 0.889. The van der Waals surface area contributed by atoms with Crippen LogP contribution in [0, 0.1) is 0 Å². The van der Waals surface area contributed by atoms with Crippen LogP contribution in [-0.4, -0.2) is 35.5 Å². The van der Waals surface area contributed by atoms with Gasteiger partial charge in [-0.25, -0.2) is 8.78 Å². The van der Waals surface area contributed by atoms with Crippen LogP contribution in [0.2, 0.25) is 0 Å². The molecule has 0 bridgehead atoms. The minimum atomic E-state index is -4.70. The molecule has 0 aliphatic heterocycles. The molecule has 7 heteroatoms. The molecule has 1 fully saturated rings. The molecule has 1 amide bonds. The maximum atomic E-state index is 12.7. The van der Waals surface area contributed by atoms with Crippen LogP contribution in [0.1, 0.15) is 25.7 Å². The van der Waals surface area contributed by atoms with Gasteiger partial charge in [-0.15, -0.1) is 0 Å². The number of alkyl halides is 4. The quantitative estimate of drug-likeness (QED) is 0.731. The Morgan fingerprint density at radius 3 is 2.25 bits per heavy atom. The predicted molar refractivity (Wildman–Crippen MR) is 47.4 cm³/mol. The molecule has 0 aromatic heterocycles. The molecule has 16 heavy (non-hydrogen) atoms. The molecule has 0 heterocycles. The summed E-state index contributed by atoms with van der Waals surface area (Å²) in [5.41, 5.74) is -1.16. The topological polar surface area (TPSA) is 49.3 Å². The molecule has 0 aromatic rings. The van der Waals surface area contributed by atoms with E-state index in [-0.39, 0.29) is 0 Å². The van der Waals surface area contributed by atoms with Gasteiger partial charge in [0.1, 0.15) is 0 Å². The summed E-state index contributed by atoms with van der Waals surface area (Å²) < 4.78 is 49.1. The standard InChI is InChI=1S/C9H13F4NO2/c10-6(11)9(12,13)7(16)14-8(5-15)3-1-2-4-8/h6,15H,1-5H2,(H,14,16). The number of carbonyl (C=O) groups excluding carboxylic acids is 1. The van der Waals surface area contributed by atoms with E-state index in [1.54, 1.807) is 0 Å². The highest BCUT2D eigenvalue weighted by atomic mass is 19.3. The molecule has 0 spiro atoms. The summed E-state index contributed by atoms with van der Waals surface area (Å²) in [5.74, 6) is -6.72. The van der Waals surface area contributed by atoms with Gasteiger partial charge in [-0.3, -0.25) is 4.79 Å². The van der Waals surface area contributed by atoms with Crippen molar-refractivity contribution in [1.82, 2.24) is 5.32 Å². The first kappa shape index (κ1) is 13.2. The van der Waals surface area contributed by atoms with Crippen LogP contribution in [0.3, 0.4) is 0 Å². The molecular formula is C9H13F4NO2. The summed E-state index contributed by atoms with van der Waals surface area (Å²) in [6.45, 7) is -0.516. The van der Waals surface area contributed by atoms with Crippen LogP contribution < -0.4 is 5.32 Å². The molecule has 3 nitrogen and oxygen atoms in total. The van der Waals surface area contributed by atoms with Crippen molar-refractivity contribution in [3.63, 3.8) is 0 Å². The molecule has 0 unspecified atom stereocenters. The SMILES string of the molecule is O=C(NC1(CO)CCCC1)C(F)(F)C(F)F. The maximum Gasteiger partial charge on any atom is 0.383 e. The third kappa shape index (κ3) is 2.45. The summed E-state index contributed by atoms with van der Waals surface area (Å²) in [5, 5.41) is 10.9. The molecule has 1 saturated carbocycles. The number of nitrogens with one attached hydrogen (secondary N) is 1. The molecule has 0 radical (unpaired) electrons. The van der Waals surface area contributed by atoms with Gasteiger partial charge in [0.25, 0.3) is 5.91 Å². The number of halogens is 4. The van der Waals surface area contributed by atoms with Gasteiger partial charge in [-0.2, -0.15) is 8.78 Å². The summed E-state index contributed by atoms with van der Waals surface area (Å²) in [4.78, 5) is 11.0. The summed E-state index contributed by atoms with van der Waals surface area (Å²) in [6, 6.07) is 0. The van der Waals surface area contributed by atoms with Crippen LogP contribution in [0.15, 0.2) is 0 Å². The number of aliphatic hydroxyl groups is 1. The Labute approximate surface area is 89.8 Å². The van der Waals surface area contributed by atoms with Gasteiger partial charge in [-0.05, 0) is 12.8 Å². The number of carbonyl (C=O) groups is 1. The molecule has 0 aromatic carbocycles. The van der Waals surface area contributed by atoms with Gasteiger partial charge in [0.2, 0.25) is 0 Å².